The molecule has 1 heterocycles. The van der Waals surface area contributed by atoms with Gasteiger partial charge >= 0.3 is 0 Å². The molecule has 0 fully saturated rings. The predicted octanol–water partition coefficient (Wildman–Crippen LogP) is 3.84. The minimum atomic E-state index is 0. The molecule has 172 valence electrons. The zero-order chi connectivity index (χ0) is 21.7. The summed E-state index contributed by atoms with van der Waals surface area (Å²) in [5.74, 6) is 2.71. The van der Waals surface area contributed by atoms with Crippen molar-refractivity contribution < 1.29 is 4.74 Å². The first kappa shape index (κ1) is 25.6. The Morgan fingerprint density at radius 3 is 2.50 bits per heavy atom. The summed E-state index contributed by atoms with van der Waals surface area (Å²) < 4.78 is 7.92. The number of rotatable bonds is 11. The normalized spacial score (nSPS) is 11.0. The van der Waals surface area contributed by atoms with Crippen LogP contribution in [0.3, 0.4) is 0 Å². The Bertz CT molecular complexity index is 927. The van der Waals surface area contributed by atoms with Crippen molar-refractivity contribution >= 4 is 29.9 Å². The van der Waals surface area contributed by atoms with E-state index in [2.05, 4.69) is 63.5 Å². The zero-order valence-electron chi connectivity index (χ0n) is 18.8. The van der Waals surface area contributed by atoms with Gasteiger partial charge in [-0.1, -0.05) is 49.4 Å². The van der Waals surface area contributed by atoms with Crippen LogP contribution in [0.4, 0.5) is 0 Å². The lowest BCUT2D eigenvalue weighted by atomic mass is 10.1. The number of aliphatic imine (C=N–C) groups is 1. The number of hydrogen-bond donors (Lipinski definition) is 2. The largest absolute Gasteiger partial charge is 0.489 e. The van der Waals surface area contributed by atoms with Crippen LogP contribution in [0.2, 0.25) is 0 Å². The molecule has 1 aromatic heterocycles. The van der Waals surface area contributed by atoms with Gasteiger partial charge < -0.3 is 19.9 Å². The van der Waals surface area contributed by atoms with E-state index in [1.807, 2.05) is 30.3 Å². The molecule has 0 spiro atoms. The first-order valence-electron chi connectivity index (χ1n) is 10.9. The highest BCUT2D eigenvalue weighted by Crippen LogP contribution is 2.14. The fourth-order valence-corrected chi connectivity index (χ4v) is 3.17. The number of aromatic nitrogens is 3. The first-order chi connectivity index (χ1) is 15.3. The van der Waals surface area contributed by atoms with E-state index in [1.54, 1.807) is 6.33 Å². The molecule has 32 heavy (non-hydrogen) atoms. The highest BCUT2D eigenvalue weighted by molar-refractivity contribution is 14.0. The van der Waals surface area contributed by atoms with Crippen LogP contribution in [0.25, 0.3) is 0 Å². The molecule has 2 N–H and O–H groups in total. The Labute approximate surface area is 207 Å². The molecule has 3 aromatic rings. The average molecular weight is 548 g/mol. The van der Waals surface area contributed by atoms with Crippen molar-refractivity contribution in [1.29, 1.82) is 0 Å². The Morgan fingerprint density at radius 1 is 1.00 bits per heavy atom. The third-order valence-corrected chi connectivity index (χ3v) is 4.84. The fourth-order valence-electron chi connectivity index (χ4n) is 3.17. The van der Waals surface area contributed by atoms with Crippen molar-refractivity contribution in [2.24, 2.45) is 4.99 Å². The van der Waals surface area contributed by atoms with Crippen LogP contribution in [0.1, 0.15) is 30.8 Å². The molecule has 3 rings (SSSR count). The Kier molecular flexibility index (Phi) is 11.6. The molecule has 0 aliphatic rings. The summed E-state index contributed by atoms with van der Waals surface area (Å²) >= 11 is 0. The van der Waals surface area contributed by atoms with Gasteiger partial charge in [0.25, 0.3) is 0 Å². The van der Waals surface area contributed by atoms with Crippen molar-refractivity contribution in [3.8, 4) is 5.75 Å². The molecule has 7 nitrogen and oxygen atoms in total. The van der Waals surface area contributed by atoms with E-state index >= 15 is 0 Å². The lowest BCUT2D eigenvalue weighted by Crippen LogP contribution is -2.39. The van der Waals surface area contributed by atoms with Crippen molar-refractivity contribution in [2.45, 2.75) is 39.8 Å². The van der Waals surface area contributed by atoms with Gasteiger partial charge in [0.2, 0.25) is 0 Å². The summed E-state index contributed by atoms with van der Waals surface area (Å²) in [4.78, 5) is 4.69. The molecule has 0 radical (unpaired) electrons. The maximum Gasteiger partial charge on any atom is 0.191 e. The standard InChI is InChI=1S/C24H32N6O.HI/c1-3-23-29-28-19-30(23)17-16-27-24(25-4-2)26-15-14-20-10-12-22(13-11-20)31-18-21-8-6-5-7-9-21;/h5-13,19H,3-4,14-18H2,1-2H3,(H2,25,26,27);1H. The van der Waals surface area contributed by atoms with Crippen LogP contribution in [0, 0.1) is 0 Å². The maximum absolute atomic E-state index is 5.85. The summed E-state index contributed by atoms with van der Waals surface area (Å²) in [6.07, 6.45) is 3.53. The molecule has 0 unspecified atom stereocenters. The summed E-state index contributed by atoms with van der Waals surface area (Å²) in [5.41, 5.74) is 2.41. The topological polar surface area (TPSA) is 76.4 Å². The van der Waals surface area contributed by atoms with E-state index in [4.69, 9.17) is 9.73 Å². The summed E-state index contributed by atoms with van der Waals surface area (Å²) in [5, 5.41) is 14.8. The lowest BCUT2D eigenvalue weighted by molar-refractivity contribution is 0.306. The third-order valence-electron chi connectivity index (χ3n) is 4.84. The van der Waals surface area contributed by atoms with Crippen LogP contribution >= 0.6 is 24.0 Å². The number of ether oxygens (including phenoxy) is 1. The Morgan fingerprint density at radius 2 is 1.78 bits per heavy atom. The highest BCUT2D eigenvalue weighted by atomic mass is 127. The van der Waals surface area contributed by atoms with Gasteiger partial charge in [0.15, 0.2) is 5.96 Å². The zero-order valence-corrected chi connectivity index (χ0v) is 21.2. The van der Waals surface area contributed by atoms with E-state index in [9.17, 15) is 0 Å². The number of hydrogen-bond acceptors (Lipinski definition) is 4. The quantitative estimate of drug-likeness (QED) is 0.217. The second-order valence-electron chi connectivity index (χ2n) is 7.15. The monoisotopic (exact) mass is 548 g/mol. The van der Waals surface area contributed by atoms with Gasteiger partial charge in [0.05, 0.1) is 0 Å². The molecule has 0 aliphatic carbocycles. The second kappa shape index (κ2) is 14.4. The second-order valence-corrected chi connectivity index (χ2v) is 7.15. The molecule has 2 aromatic carbocycles. The number of guanidine groups is 1. The summed E-state index contributed by atoms with van der Waals surface area (Å²) in [6.45, 7) is 7.85. The molecule has 0 bridgehead atoms. The number of halogens is 1. The molecule has 0 saturated carbocycles. The smallest absolute Gasteiger partial charge is 0.191 e. The molecule has 0 amide bonds. The molecule has 8 heteroatoms. The van der Waals surface area contributed by atoms with Crippen molar-refractivity contribution in [1.82, 2.24) is 25.4 Å². The van der Waals surface area contributed by atoms with Gasteiger partial charge in [-0.15, -0.1) is 34.2 Å². The fraction of sp³-hybridized carbons (Fsp3) is 0.375. The molecule has 0 aliphatic heterocycles. The van der Waals surface area contributed by atoms with Crippen molar-refractivity contribution in [3.05, 3.63) is 77.9 Å². The molecular formula is C24H33IN6O. The van der Waals surface area contributed by atoms with E-state index in [0.717, 1.165) is 50.0 Å². The highest BCUT2D eigenvalue weighted by Gasteiger charge is 2.03. The van der Waals surface area contributed by atoms with E-state index < -0.39 is 0 Å². The number of nitrogens with one attached hydrogen (secondary N) is 2. The predicted molar refractivity (Wildman–Crippen MR) is 140 cm³/mol. The van der Waals surface area contributed by atoms with Crippen molar-refractivity contribution in [2.75, 3.05) is 19.6 Å². The minimum absolute atomic E-state index is 0. The van der Waals surface area contributed by atoms with E-state index in [0.29, 0.717) is 13.2 Å². The molecule has 0 saturated heterocycles. The van der Waals surface area contributed by atoms with E-state index in [-0.39, 0.29) is 24.0 Å². The van der Waals surface area contributed by atoms with Gasteiger partial charge in [0, 0.05) is 32.6 Å². The summed E-state index contributed by atoms with van der Waals surface area (Å²) in [6, 6.07) is 18.5. The third kappa shape index (κ3) is 8.49. The van der Waals surface area contributed by atoms with Crippen LogP contribution in [0.15, 0.2) is 65.9 Å². The van der Waals surface area contributed by atoms with E-state index in [1.165, 1.54) is 11.1 Å². The Balaban J connectivity index is 0.00000363. The van der Waals surface area contributed by atoms with Crippen LogP contribution in [0.5, 0.6) is 5.75 Å². The number of benzene rings is 2. The van der Waals surface area contributed by atoms with Gasteiger partial charge in [-0.2, -0.15) is 0 Å². The maximum atomic E-state index is 5.85. The van der Waals surface area contributed by atoms with Gasteiger partial charge in [-0.3, -0.25) is 4.99 Å². The first-order valence-corrected chi connectivity index (χ1v) is 10.9. The van der Waals surface area contributed by atoms with Gasteiger partial charge in [-0.25, -0.2) is 0 Å². The molecular weight excluding hydrogens is 515 g/mol. The summed E-state index contributed by atoms with van der Waals surface area (Å²) in [7, 11) is 0. The lowest BCUT2D eigenvalue weighted by Gasteiger charge is -2.12. The van der Waals surface area contributed by atoms with Gasteiger partial charge in [0.1, 0.15) is 24.5 Å². The van der Waals surface area contributed by atoms with Crippen molar-refractivity contribution in [3.63, 3.8) is 0 Å². The average Bonchev–Trinajstić information content (AvgIpc) is 3.27. The van der Waals surface area contributed by atoms with Crippen LogP contribution in [-0.4, -0.2) is 40.4 Å². The number of nitrogens with zero attached hydrogens (tertiary/aromatic N) is 4. The van der Waals surface area contributed by atoms with Crippen LogP contribution in [-0.2, 0) is 26.0 Å². The number of aryl methyl sites for hydroxylation is 1. The minimum Gasteiger partial charge on any atom is -0.489 e. The SMILES string of the molecule is CCNC(=NCCc1ccc(OCc2ccccc2)cc1)NCCn1cnnc1CC.I. The molecule has 0 atom stereocenters. The van der Waals surface area contributed by atoms with Gasteiger partial charge in [-0.05, 0) is 36.6 Å². The Hall–Kier alpha value is -2.62. The van der Waals surface area contributed by atoms with Crippen LogP contribution < -0.4 is 15.4 Å².